The van der Waals surface area contributed by atoms with Crippen LogP contribution < -0.4 is 5.32 Å². The summed E-state index contributed by atoms with van der Waals surface area (Å²) < 4.78 is 5.23. The van der Waals surface area contributed by atoms with Crippen molar-refractivity contribution < 1.29 is 14.1 Å². The van der Waals surface area contributed by atoms with Crippen LogP contribution in [0.3, 0.4) is 0 Å². The molecular formula is C21H22N4O3S. The Morgan fingerprint density at radius 1 is 1.14 bits per heavy atom. The average molecular weight is 410 g/mol. The van der Waals surface area contributed by atoms with E-state index in [9.17, 15) is 9.59 Å². The van der Waals surface area contributed by atoms with Crippen molar-refractivity contribution in [3.63, 3.8) is 0 Å². The summed E-state index contributed by atoms with van der Waals surface area (Å²) in [6.45, 7) is 1.54. The second-order valence-electron chi connectivity index (χ2n) is 6.97. The van der Waals surface area contributed by atoms with E-state index in [4.69, 9.17) is 4.52 Å². The largest absolute Gasteiger partial charge is 0.339 e. The third kappa shape index (κ3) is 4.71. The number of benzene rings is 1. The van der Waals surface area contributed by atoms with Crippen LogP contribution in [-0.2, 0) is 11.2 Å². The Morgan fingerprint density at radius 2 is 1.97 bits per heavy atom. The molecule has 1 fully saturated rings. The first-order chi connectivity index (χ1) is 14.2. The summed E-state index contributed by atoms with van der Waals surface area (Å²) in [7, 11) is 0. The molecule has 1 N–H and O–H groups in total. The van der Waals surface area contributed by atoms with Crippen LogP contribution in [-0.4, -0.2) is 39.9 Å². The van der Waals surface area contributed by atoms with Gasteiger partial charge >= 0.3 is 0 Å². The number of para-hydroxylation sites is 1. The lowest BCUT2D eigenvalue weighted by atomic mass is 10.1. The predicted octanol–water partition coefficient (Wildman–Crippen LogP) is 4.00. The second kappa shape index (κ2) is 9.00. The number of amides is 2. The fraction of sp³-hybridized carbons (Fsp3) is 0.333. The molecule has 0 saturated carbocycles. The van der Waals surface area contributed by atoms with Crippen molar-refractivity contribution in [2.75, 3.05) is 18.4 Å². The Balaban J connectivity index is 1.37. The molecule has 0 radical (unpaired) electrons. The topological polar surface area (TPSA) is 88.3 Å². The smallest absolute Gasteiger partial charge is 0.255 e. The SMILES string of the molecule is O=C(CCc1nc(-c2ccsc2)no1)Nc1ccccc1C(=O)N1CCCCC1. The highest BCUT2D eigenvalue weighted by atomic mass is 32.1. The van der Waals surface area contributed by atoms with Gasteiger partial charge in [-0.15, -0.1) is 0 Å². The van der Waals surface area contributed by atoms with Crippen molar-refractivity contribution in [3.05, 3.63) is 52.5 Å². The number of rotatable bonds is 6. The first kappa shape index (κ1) is 19.3. The Kier molecular flexibility index (Phi) is 6.00. The van der Waals surface area contributed by atoms with Gasteiger partial charge in [0.1, 0.15) is 0 Å². The maximum absolute atomic E-state index is 12.8. The number of nitrogens with one attached hydrogen (secondary N) is 1. The van der Waals surface area contributed by atoms with Gasteiger partial charge in [0.25, 0.3) is 5.91 Å². The molecule has 1 saturated heterocycles. The number of anilines is 1. The molecule has 0 bridgehead atoms. The molecule has 4 rings (SSSR count). The van der Waals surface area contributed by atoms with Crippen LogP contribution in [0, 0.1) is 0 Å². The molecule has 1 aromatic carbocycles. The summed E-state index contributed by atoms with van der Waals surface area (Å²) in [5, 5.41) is 10.7. The Morgan fingerprint density at radius 3 is 2.76 bits per heavy atom. The van der Waals surface area contributed by atoms with Gasteiger partial charge in [-0.05, 0) is 42.8 Å². The highest BCUT2D eigenvalue weighted by molar-refractivity contribution is 7.08. The van der Waals surface area contributed by atoms with Crippen molar-refractivity contribution in [1.82, 2.24) is 15.0 Å². The third-order valence-electron chi connectivity index (χ3n) is 4.89. The van der Waals surface area contributed by atoms with Gasteiger partial charge in [0.05, 0.1) is 11.3 Å². The van der Waals surface area contributed by atoms with E-state index in [0.717, 1.165) is 37.9 Å². The van der Waals surface area contributed by atoms with Crippen molar-refractivity contribution in [3.8, 4) is 11.4 Å². The first-order valence-corrected chi connectivity index (χ1v) is 10.7. The normalized spacial score (nSPS) is 14.0. The van der Waals surface area contributed by atoms with Gasteiger partial charge in [-0.25, -0.2) is 0 Å². The number of likely N-dealkylation sites (tertiary alicyclic amines) is 1. The quantitative estimate of drug-likeness (QED) is 0.664. The molecule has 29 heavy (non-hydrogen) atoms. The number of hydrogen-bond acceptors (Lipinski definition) is 6. The number of nitrogens with zero attached hydrogens (tertiary/aromatic N) is 3. The van der Waals surface area contributed by atoms with E-state index in [1.807, 2.05) is 33.9 Å². The molecule has 2 aromatic heterocycles. The lowest BCUT2D eigenvalue weighted by Crippen LogP contribution is -2.36. The lowest BCUT2D eigenvalue weighted by molar-refractivity contribution is -0.116. The maximum Gasteiger partial charge on any atom is 0.255 e. The number of hydrogen-bond donors (Lipinski definition) is 1. The molecule has 150 valence electrons. The maximum atomic E-state index is 12.8. The molecule has 2 amide bonds. The Labute approximate surface area is 172 Å². The van der Waals surface area contributed by atoms with Crippen LogP contribution in [0.15, 0.2) is 45.6 Å². The number of carbonyl (C=O) groups excluding carboxylic acids is 2. The first-order valence-electron chi connectivity index (χ1n) is 9.74. The Hall–Kier alpha value is -3.00. The van der Waals surface area contributed by atoms with Crippen molar-refractivity contribution in [1.29, 1.82) is 0 Å². The van der Waals surface area contributed by atoms with Crippen LogP contribution in [0.1, 0.15) is 41.9 Å². The van der Waals surface area contributed by atoms with Gasteiger partial charge in [-0.3, -0.25) is 9.59 Å². The van der Waals surface area contributed by atoms with Crippen LogP contribution in [0.4, 0.5) is 5.69 Å². The van der Waals surface area contributed by atoms with Gasteiger partial charge < -0.3 is 14.7 Å². The van der Waals surface area contributed by atoms with Crippen molar-refractivity contribution in [2.45, 2.75) is 32.1 Å². The summed E-state index contributed by atoms with van der Waals surface area (Å²) in [6.07, 6.45) is 3.74. The molecule has 0 spiro atoms. The van der Waals surface area contributed by atoms with Gasteiger partial charge in [0.15, 0.2) is 0 Å². The molecule has 0 atom stereocenters. The molecule has 0 unspecified atom stereocenters. The van der Waals surface area contributed by atoms with Gasteiger partial charge in [-0.1, -0.05) is 17.3 Å². The number of aromatic nitrogens is 2. The number of thiophene rings is 1. The third-order valence-corrected chi connectivity index (χ3v) is 5.57. The van der Waals surface area contributed by atoms with Gasteiger partial charge in [0.2, 0.25) is 17.6 Å². The summed E-state index contributed by atoms with van der Waals surface area (Å²) >= 11 is 1.56. The summed E-state index contributed by atoms with van der Waals surface area (Å²) in [5.74, 6) is 0.718. The van der Waals surface area contributed by atoms with E-state index in [-0.39, 0.29) is 18.2 Å². The highest BCUT2D eigenvalue weighted by Gasteiger charge is 2.21. The molecule has 3 aromatic rings. The summed E-state index contributed by atoms with van der Waals surface area (Å²) in [4.78, 5) is 31.5. The van der Waals surface area contributed by atoms with Gasteiger partial charge in [-0.2, -0.15) is 16.3 Å². The highest BCUT2D eigenvalue weighted by Crippen LogP contribution is 2.21. The zero-order valence-corrected chi connectivity index (χ0v) is 16.8. The monoisotopic (exact) mass is 410 g/mol. The molecule has 3 heterocycles. The van der Waals surface area contributed by atoms with E-state index < -0.39 is 0 Å². The van der Waals surface area contributed by atoms with E-state index in [2.05, 4.69) is 15.5 Å². The van der Waals surface area contributed by atoms with Gasteiger partial charge in [0, 0.05) is 36.9 Å². The number of piperidine rings is 1. The van der Waals surface area contributed by atoms with Crippen LogP contribution in [0.5, 0.6) is 0 Å². The van der Waals surface area contributed by atoms with E-state index in [0.29, 0.717) is 29.4 Å². The van der Waals surface area contributed by atoms with Crippen LogP contribution >= 0.6 is 11.3 Å². The lowest BCUT2D eigenvalue weighted by Gasteiger charge is -2.27. The van der Waals surface area contributed by atoms with Crippen molar-refractivity contribution in [2.24, 2.45) is 0 Å². The minimum absolute atomic E-state index is 0.0297. The molecule has 1 aliphatic heterocycles. The Bertz CT molecular complexity index is 977. The fourth-order valence-electron chi connectivity index (χ4n) is 3.34. The zero-order valence-electron chi connectivity index (χ0n) is 16.0. The molecule has 1 aliphatic rings. The molecule has 7 nitrogen and oxygen atoms in total. The minimum atomic E-state index is -0.195. The average Bonchev–Trinajstić information content (AvgIpc) is 3.45. The zero-order chi connectivity index (χ0) is 20.1. The second-order valence-corrected chi connectivity index (χ2v) is 7.75. The van der Waals surface area contributed by atoms with E-state index in [1.54, 1.807) is 23.5 Å². The number of aryl methyl sites for hydroxylation is 1. The standard InChI is InChI=1S/C21H22N4O3S/c26-18(8-9-19-23-20(24-28-19)15-10-13-29-14-15)22-17-7-3-2-6-16(17)21(27)25-11-4-1-5-12-25/h2-3,6-7,10,13-14H,1,4-5,8-9,11-12H2,(H,22,26). The fourth-order valence-corrected chi connectivity index (χ4v) is 3.98. The van der Waals surface area contributed by atoms with E-state index >= 15 is 0 Å². The summed E-state index contributed by atoms with van der Waals surface area (Å²) in [5.41, 5.74) is 1.97. The van der Waals surface area contributed by atoms with Crippen LogP contribution in [0.2, 0.25) is 0 Å². The van der Waals surface area contributed by atoms with E-state index in [1.165, 1.54) is 0 Å². The summed E-state index contributed by atoms with van der Waals surface area (Å²) in [6, 6.07) is 9.07. The van der Waals surface area contributed by atoms with Crippen molar-refractivity contribution >= 4 is 28.8 Å². The number of carbonyl (C=O) groups is 2. The minimum Gasteiger partial charge on any atom is -0.339 e. The predicted molar refractivity (Wildman–Crippen MR) is 111 cm³/mol. The molecule has 0 aliphatic carbocycles. The molecule has 8 heteroatoms. The van der Waals surface area contributed by atoms with Crippen LogP contribution in [0.25, 0.3) is 11.4 Å². The molecular weight excluding hydrogens is 388 g/mol.